The summed E-state index contributed by atoms with van der Waals surface area (Å²) in [6, 6.07) is 0. The first-order valence-corrected chi connectivity index (χ1v) is 4.59. The third-order valence-corrected chi connectivity index (χ3v) is 2.37. The first-order valence-electron chi connectivity index (χ1n) is 3.71. The Hall–Kier alpha value is -0.610. The van der Waals surface area contributed by atoms with Crippen LogP contribution in [-0.4, -0.2) is 24.2 Å². The van der Waals surface area contributed by atoms with Crippen LogP contribution < -0.4 is 10.1 Å². The van der Waals surface area contributed by atoms with E-state index >= 15 is 0 Å². The zero-order chi connectivity index (χ0) is 7.52. The lowest BCUT2D eigenvalue weighted by atomic mass is 10.3. The number of thiazole rings is 1. The summed E-state index contributed by atoms with van der Waals surface area (Å²) in [7, 11) is 0. The van der Waals surface area contributed by atoms with E-state index in [0.717, 1.165) is 24.6 Å². The van der Waals surface area contributed by atoms with Crippen molar-refractivity contribution in [3.8, 4) is 5.06 Å². The van der Waals surface area contributed by atoms with Crippen LogP contribution in [0.4, 0.5) is 0 Å². The minimum Gasteiger partial charge on any atom is -0.478 e. The summed E-state index contributed by atoms with van der Waals surface area (Å²) in [5.41, 5.74) is 1.79. The number of ether oxygens (including phenoxy) is 1. The van der Waals surface area contributed by atoms with E-state index in [1.807, 2.05) is 0 Å². The Bertz CT molecular complexity index is 206. The first-order chi connectivity index (χ1) is 5.45. The third-order valence-electron chi connectivity index (χ3n) is 1.71. The first kappa shape index (κ1) is 7.06. The molecule has 0 aromatic carbocycles. The number of aromatic nitrogens is 1. The van der Waals surface area contributed by atoms with E-state index in [0.29, 0.717) is 6.10 Å². The predicted octanol–water partition coefficient (Wildman–Crippen LogP) is 0.884. The van der Waals surface area contributed by atoms with E-state index in [4.69, 9.17) is 4.74 Å². The zero-order valence-electron chi connectivity index (χ0n) is 6.12. The van der Waals surface area contributed by atoms with Gasteiger partial charge < -0.3 is 10.1 Å². The monoisotopic (exact) mass is 170 g/mol. The molecule has 4 heteroatoms. The number of hydrogen-bond acceptors (Lipinski definition) is 4. The molecule has 0 aliphatic carbocycles. The summed E-state index contributed by atoms with van der Waals surface area (Å²) >= 11 is 1.55. The van der Waals surface area contributed by atoms with Crippen molar-refractivity contribution in [3.63, 3.8) is 0 Å². The lowest BCUT2D eigenvalue weighted by Gasteiger charge is -2.08. The van der Waals surface area contributed by atoms with Crippen molar-refractivity contribution in [2.45, 2.75) is 12.5 Å². The van der Waals surface area contributed by atoms with Gasteiger partial charge in [0.25, 0.3) is 0 Å². The molecular formula is C7H10N2OS. The second kappa shape index (κ2) is 3.19. The fourth-order valence-electron chi connectivity index (χ4n) is 1.16. The molecule has 1 N–H and O–H groups in total. The van der Waals surface area contributed by atoms with E-state index in [9.17, 15) is 0 Å². The number of rotatable bonds is 2. The number of nitrogens with one attached hydrogen (secondary N) is 1. The molecule has 0 saturated carbocycles. The van der Waals surface area contributed by atoms with Crippen LogP contribution in [0, 0.1) is 0 Å². The molecule has 2 rings (SSSR count). The highest BCUT2D eigenvalue weighted by atomic mass is 32.1. The van der Waals surface area contributed by atoms with Crippen molar-refractivity contribution in [2.75, 3.05) is 13.1 Å². The second-order valence-electron chi connectivity index (χ2n) is 2.55. The Labute approximate surface area is 69.4 Å². The van der Waals surface area contributed by atoms with Gasteiger partial charge in [-0.1, -0.05) is 11.3 Å². The SMILES string of the molecule is c1ncc(OC2CCNC2)s1. The normalized spacial score (nSPS) is 23.8. The summed E-state index contributed by atoms with van der Waals surface area (Å²) in [6.07, 6.45) is 3.23. The van der Waals surface area contributed by atoms with Gasteiger partial charge in [-0.15, -0.1) is 0 Å². The minimum atomic E-state index is 0.357. The van der Waals surface area contributed by atoms with E-state index < -0.39 is 0 Å². The highest BCUT2D eigenvalue weighted by Gasteiger charge is 2.15. The molecule has 1 aromatic heterocycles. The van der Waals surface area contributed by atoms with Gasteiger partial charge in [-0.25, -0.2) is 4.98 Å². The molecule has 3 nitrogen and oxygen atoms in total. The Kier molecular flexibility index (Phi) is 2.05. The maximum absolute atomic E-state index is 5.61. The second-order valence-corrected chi connectivity index (χ2v) is 3.40. The maximum Gasteiger partial charge on any atom is 0.194 e. The molecule has 2 heterocycles. The summed E-state index contributed by atoms with van der Waals surface area (Å²) in [6.45, 7) is 2.04. The summed E-state index contributed by atoms with van der Waals surface area (Å²) in [5, 5.41) is 4.17. The van der Waals surface area contributed by atoms with Gasteiger partial charge in [0.1, 0.15) is 6.10 Å². The van der Waals surface area contributed by atoms with Crippen molar-refractivity contribution in [2.24, 2.45) is 0 Å². The van der Waals surface area contributed by atoms with Crippen LogP contribution in [0.3, 0.4) is 0 Å². The van der Waals surface area contributed by atoms with Crippen molar-refractivity contribution < 1.29 is 4.74 Å². The highest BCUT2D eigenvalue weighted by Crippen LogP contribution is 2.19. The van der Waals surface area contributed by atoms with Crippen LogP contribution in [-0.2, 0) is 0 Å². The van der Waals surface area contributed by atoms with Gasteiger partial charge in [0, 0.05) is 6.54 Å². The Morgan fingerprint density at radius 2 is 2.73 bits per heavy atom. The summed E-state index contributed by atoms with van der Waals surface area (Å²) in [4.78, 5) is 3.94. The van der Waals surface area contributed by atoms with Crippen molar-refractivity contribution in [3.05, 3.63) is 11.7 Å². The van der Waals surface area contributed by atoms with Gasteiger partial charge in [-0.05, 0) is 13.0 Å². The molecule has 0 radical (unpaired) electrons. The molecule has 11 heavy (non-hydrogen) atoms. The predicted molar refractivity (Wildman–Crippen MR) is 44.0 cm³/mol. The topological polar surface area (TPSA) is 34.1 Å². The maximum atomic E-state index is 5.61. The fourth-order valence-corrected chi connectivity index (χ4v) is 1.69. The average molecular weight is 170 g/mol. The smallest absolute Gasteiger partial charge is 0.194 e. The lowest BCUT2D eigenvalue weighted by Crippen LogP contribution is -2.18. The van der Waals surface area contributed by atoms with Gasteiger partial charge >= 0.3 is 0 Å². The largest absolute Gasteiger partial charge is 0.478 e. The Balaban J connectivity index is 1.90. The molecule has 60 valence electrons. The number of nitrogens with zero attached hydrogens (tertiary/aromatic N) is 1. The van der Waals surface area contributed by atoms with Crippen molar-refractivity contribution in [1.29, 1.82) is 0 Å². The zero-order valence-corrected chi connectivity index (χ0v) is 6.93. The highest BCUT2D eigenvalue weighted by molar-refractivity contribution is 7.11. The molecular weight excluding hydrogens is 160 g/mol. The average Bonchev–Trinajstić information content (AvgIpc) is 2.60. The fraction of sp³-hybridized carbons (Fsp3) is 0.571. The quantitative estimate of drug-likeness (QED) is 0.715. The molecule has 0 bridgehead atoms. The van der Waals surface area contributed by atoms with Gasteiger partial charge in [0.05, 0.1) is 11.7 Å². The van der Waals surface area contributed by atoms with Crippen molar-refractivity contribution in [1.82, 2.24) is 10.3 Å². The van der Waals surface area contributed by atoms with Crippen LogP contribution in [0.5, 0.6) is 5.06 Å². The summed E-state index contributed by atoms with van der Waals surface area (Å²) in [5.74, 6) is 0. The third kappa shape index (κ3) is 1.70. The van der Waals surface area contributed by atoms with Crippen LogP contribution in [0.2, 0.25) is 0 Å². The summed E-state index contributed by atoms with van der Waals surface area (Å²) < 4.78 is 5.61. The Morgan fingerprint density at radius 1 is 1.73 bits per heavy atom. The molecule has 1 unspecified atom stereocenters. The molecule has 1 fully saturated rings. The van der Waals surface area contributed by atoms with Gasteiger partial charge in [-0.3, -0.25) is 0 Å². The molecule has 0 amide bonds. The molecule has 1 atom stereocenters. The van der Waals surface area contributed by atoms with Gasteiger partial charge in [-0.2, -0.15) is 0 Å². The van der Waals surface area contributed by atoms with Crippen LogP contribution in [0.15, 0.2) is 11.7 Å². The van der Waals surface area contributed by atoms with Crippen LogP contribution >= 0.6 is 11.3 Å². The molecule has 1 aliphatic rings. The molecule has 1 saturated heterocycles. The van der Waals surface area contributed by atoms with E-state index in [1.54, 1.807) is 23.0 Å². The number of hydrogen-bond donors (Lipinski definition) is 1. The molecule has 1 aliphatic heterocycles. The van der Waals surface area contributed by atoms with Gasteiger partial charge in [0.2, 0.25) is 0 Å². The van der Waals surface area contributed by atoms with Crippen molar-refractivity contribution >= 4 is 11.3 Å². The molecule has 0 spiro atoms. The van der Waals surface area contributed by atoms with Gasteiger partial charge in [0.15, 0.2) is 5.06 Å². The standard InChI is InChI=1S/C7H10N2OS/c1-2-8-3-6(1)10-7-4-9-5-11-7/h4-6,8H,1-3H2. The van der Waals surface area contributed by atoms with E-state index in [1.165, 1.54) is 0 Å². The minimum absolute atomic E-state index is 0.357. The van der Waals surface area contributed by atoms with E-state index in [2.05, 4.69) is 10.3 Å². The van der Waals surface area contributed by atoms with Crippen LogP contribution in [0.1, 0.15) is 6.42 Å². The van der Waals surface area contributed by atoms with E-state index in [-0.39, 0.29) is 0 Å². The Morgan fingerprint density at radius 3 is 3.36 bits per heavy atom. The van der Waals surface area contributed by atoms with Crippen LogP contribution in [0.25, 0.3) is 0 Å². The molecule has 1 aromatic rings. The lowest BCUT2D eigenvalue weighted by molar-refractivity contribution is 0.229.